The molecule has 2 rings (SSSR count). The van der Waals surface area contributed by atoms with E-state index in [1.165, 1.54) is 18.7 Å². The number of nitrogens with one attached hydrogen (secondary N) is 2. The third kappa shape index (κ3) is 2.45. The van der Waals surface area contributed by atoms with Crippen LogP contribution in [0.25, 0.3) is 0 Å². The number of hydrogen-bond donors (Lipinski definition) is 3. The van der Waals surface area contributed by atoms with Crippen LogP contribution in [0.1, 0.15) is 10.6 Å². The van der Waals surface area contributed by atoms with Gasteiger partial charge in [0.1, 0.15) is 12.0 Å². The third-order valence-corrected chi connectivity index (χ3v) is 2.18. The van der Waals surface area contributed by atoms with Crippen LogP contribution in [0.5, 0.6) is 0 Å². The molecule has 0 saturated carbocycles. The summed E-state index contributed by atoms with van der Waals surface area (Å²) in [5.41, 5.74) is 10.6. The van der Waals surface area contributed by atoms with Crippen molar-refractivity contribution in [2.24, 2.45) is 0 Å². The molecule has 0 aliphatic carbocycles. The molecule has 0 aliphatic heterocycles. The first kappa shape index (κ1) is 11.2. The Bertz CT molecular complexity index is 528. The highest BCUT2D eigenvalue weighted by Crippen LogP contribution is 2.20. The monoisotopic (exact) mass is 253 g/mol. The summed E-state index contributed by atoms with van der Waals surface area (Å²) in [6, 6.07) is 3.12. The molecule has 0 aromatic carbocycles. The largest absolute Gasteiger partial charge is 0.459 e. The van der Waals surface area contributed by atoms with E-state index in [2.05, 4.69) is 20.8 Å². The average Bonchev–Trinajstić information content (AvgIpc) is 2.84. The van der Waals surface area contributed by atoms with Gasteiger partial charge >= 0.3 is 5.91 Å². The number of halogens is 1. The highest BCUT2D eigenvalue weighted by molar-refractivity contribution is 6.32. The fraction of sp³-hybridized carbons (Fsp3) is 0. The second-order valence-corrected chi connectivity index (χ2v) is 3.34. The fourth-order valence-electron chi connectivity index (χ4n) is 1.06. The van der Waals surface area contributed by atoms with Gasteiger partial charge < -0.3 is 10.2 Å². The Morgan fingerprint density at radius 2 is 2.29 bits per heavy atom. The molecule has 0 saturated heterocycles. The zero-order valence-electron chi connectivity index (χ0n) is 8.48. The second-order valence-electron chi connectivity index (χ2n) is 2.98. The molecule has 0 atom stereocenters. The summed E-state index contributed by atoms with van der Waals surface area (Å²) in [6.07, 6.45) is 2.62. The zero-order valence-corrected chi connectivity index (χ0v) is 9.23. The lowest BCUT2D eigenvalue weighted by Crippen LogP contribution is -2.30. The maximum Gasteiger partial charge on any atom is 0.305 e. The van der Waals surface area contributed by atoms with Crippen LogP contribution < -0.4 is 16.6 Å². The highest BCUT2D eigenvalue weighted by atomic mass is 35.5. The van der Waals surface area contributed by atoms with Gasteiger partial charge in [-0.1, -0.05) is 11.6 Å². The normalized spacial score (nSPS) is 9.94. The highest BCUT2D eigenvalue weighted by Gasteiger charge is 2.10. The van der Waals surface area contributed by atoms with Gasteiger partial charge in [0.2, 0.25) is 0 Å². The molecule has 7 nitrogen and oxygen atoms in total. The van der Waals surface area contributed by atoms with Crippen molar-refractivity contribution >= 4 is 29.0 Å². The fourth-order valence-corrected chi connectivity index (χ4v) is 1.19. The number of nitrogen functional groups attached to an aromatic ring is 1. The van der Waals surface area contributed by atoms with Gasteiger partial charge in [-0.15, -0.1) is 0 Å². The van der Waals surface area contributed by atoms with E-state index in [0.29, 0.717) is 0 Å². The molecular formula is C9H8ClN5O2. The van der Waals surface area contributed by atoms with Crippen LogP contribution in [0.3, 0.4) is 0 Å². The van der Waals surface area contributed by atoms with Gasteiger partial charge in [-0.2, -0.15) is 0 Å². The van der Waals surface area contributed by atoms with Gasteiger partial charge in [0, 0.05) is 0 Å². The zero-order chi connectivity index (χ0) is 12.3. The first-order valence-electron chi connectivity index (χ1n) is 4.54. The molecule has 17 heavy (non-hydrogen) atoms. The summed E-state index contributed by atoms with van der Waals surface area (Å²) in [5, 5.41) is 0.106. The molecule has 2 aromatic heterocycles. The Labute approximate surface area is 101 Å². The molecule has 1 amide bonds. The van der Waals surface area contributed by atoms with Crippen LogP contribution in [-0.4, -0.2) is 15.9 Å². The van der Waals surface area contributed by atoms with Crippen molar-refractivity contribution in [3.05, 3.63) is 35.6 Å². The molecule has 0 fully saturated rings. The van der Waals surface area contributed by atoms with Crippen LogP contribution in [0, 0.1) is 0 Å². The van der Waals surface area contributed by atoms with Crippen molar-refractivity contribution < 1.29 is 9.21 Å². The molecule has 0 aliphatic rings. The van der Waals surface area contributed by atoms with Crippen LogP contribution in [0.2, 0.25) is 5.15 Å². The Morgan fingerprint density at radius 1 is 1.47 bits per heavy atom. The molecule has 0 radical (unpaired) electrons. The number of carbonyl (C=O) groups excluding carboxylic acids is 1. The van der Waals surface area contributed by atoms with Gasteiger partial charge in [-0.3, -0.25) is 15.6 Å². The minimum absolute atomic E-state index is 0.106. The third-order valence-electron chi connectivity index (χ3n) is 1.87. The minimum Gasteiger partial charge on any atom is -0.459 e. The van der Waals surface area contributed by atoms with Crippen molar-refractivity contribution in [1.82, 2.24) is 15.4 Å². The Kier molecular flexibility index (Phi) is 3.10. The quantitative estimate of drug-likeness (QED) is 0.558. The molecule has 2 aromatic rings. The van der Waals surface area contributed by atoms with E-state index < -0.39 is 5.91 Å². The number of hydrazine groups is 1. The summed E-state index contributed by atoms with van der Waals surface area (Å²) in [4.78, 5) is 19.0. The topological polar surface area (TPSA) is 106 Å². The Morgan fingerprint density at radius 3 is 3.00 bits per heavy atom. The molecule has 0 bridgehead atoms. The van der Waals surface area contributed by atoms with Gasteiger partial charge in [-0.05, 0) is 12.1 Å². The first-order chi connectivity index (χ1) is 8.18. The molecule has 0 unspecified atom stereocenters. The lowest BCUT2D eigenvalue weighted by Gasteiger charge is -2.08. The number of anilines is 2. The van der Waals surface area contributed by atoms with Gasteiger partial charge in [0.25, 0.3) is 0 Å². The first-order valence-corrected chi connectivity index (χ1v) is 4.92. The van der Waals surface area contributed by atoms with Crippen molar-refractivity contribution in [2.45, 2.75) is 0 Å². The van der Waals surface area contributed by atoms with Crippen molar-refractivity contribution in [2.75, 3.05) is 11.2 Å². The molecular weight excluding hydrogens is 246 g/mol. The van der Waals surface area contributed by atoms with Gasteiger partial charge in [-0.25, -0.2) is 9.97 Å². The molecule has 4 N–H and O–H groups in total. The summed E-state index contributed by atoms with van der Waals surface area (Å²) in [7, 11) is 0. The van der Waals surface area contributed by atoms with Crippen LogP contribution >= 0.6 is 11.6 Å². The SMILES string of the molecule is Nc1c(Cl)ncnc1NNC(=O)c1ccco1. The Hall–Kier alpha value is -2.28. The maximum atomic E-state index is 11.5. The lowest BCUT2D eigenvalue weighted by molar-refractivity contribution is 0.0935. The van der Waals surface area contributed by atoms with E-state index in [-0.39, 0.29) is 22.4 Å². The van der Waals surface area contributed by atoms with Gasteiger partial charge in [0.15, 0.2) is 16.7 Å². The summed E-state index contributed by atoms with van der Waals surface area (Å²) in [5.74, 6) is -0.0785. The van der Waals surface area contributed by atoms with E-state index in [0.717, 1.165) is 0 Å². The average molecular weight is 254 g/mol. The van der Waals surface area contributed by atoms with Crippen LogP contribution in [-0.2, 0) is 0 Å². The molecule has 88 valence electrons. The van der Waals surface area contributed by atoms with Crippen molar-refractivity contribution in [3.63, 3.8) is 0 Å². The van der Waals surface area contributed by atoms with E-state index in [1.54, 1.807) is 6.07 Å². The van der Waals surface area contributed by atoms with E-state index in [1.807, 2.05) is 0 Å². The number of hydrogen-bond acceptors (Lipinski definition) is 6. The predicted molar refractivity (Wildman–Crippen MR) is 61.3 cm³/mol. The number of furan rings is 1. The van der Waals surface area contributed by atoms with E-state index in [4.69, 9.17) is 21.8 Å². The molecule has 8 heteroatoms. The number of nitrogens with zero attached hydrogens (tertiary/aromatic N) is 2. The number of amides is 1. The maximum absolute atomic E-state index is 11.5. The summed E-state index contributed by atoms with van der Waals surface area (Å²) in [6.45, 7) is 0. The summed E-state index contributed by atoms with van der Waals surface area (Å²) < 4.78 is 4.90. The van der Waals surface area contributed by atoms with Gasteiger partial charge in [0.05, 0.1) is 6.26 Å². The van der Waals surface area contributed by atoms with E-state index in [9.17, 15) is 4.79 Å². The smallest absolute Gasteiger partial charge is 0.305 e. The number of rotatable bonds is 3. The number of carbonyl (C=O) groups is 1. The molecule has 0 spiro atoms. The number of nitrogens with two attached hydrogens (primary N) is 1. The van der Waals surface area contributed by atoms with Crippen molar-refractivity contribution in [3.8, 4) is 0 Å². The van der Waals surface area contributed by atoms with Crippen molar-refractivity contribution in [1.29, 1.82) is 0 Å². The minimum atomic E-state index is -0.455. The Balaban J connectivity index is 2.03. The van der Waals surface area contributed by atoms with Crippen LogP contribution in [0.4, 0.5) is 11.5 Å². The molecule has 2 heterocycles. The summed E-state index contributed by atoms with van der Waals surface area (Å²) >= 11 is 5.68. The van der Waals surface area contributed by atoms with E-state index >= 15 is 0 Å². The lowest BCUT2D eigenvalue weighted by atomic mass is 10.4. The second kappa shape index (κ2) is 4.71. The standard InChI is InChI=1S/C9H8ClN5O2/c10-7-6(11)8(13-4-12-7)14-15-9(16)5-2-1-3-17-5/h1-4H,11H2,(H,15,16)(H,12,13,14). The number of aromatic nitrogens is 2. The van der Waals surface area contributed by atoms with Crippen LogP contribution in [0.15, 0.2) is 29.1 Å². The predicted octanol–water partition coefficient (Wildman–Crippen LogP) is 1.06.